The molecule has 34 heavy (non-hydrogen) atoms. The topological polar surface area (TPSA) is 75.0 Å². The Morgan fingerprint density at radius 2 is 1.82 bits per heavy atom. The molecule has 6 nitrogen and oxygen atoms in total. The van der Waals surface area contributed by atoms with Crippen molar-refractivity contribution in [3.05, 3.63) is 87.5 Å². The number of rotatable bonds is 7. The molecule has 0 saturated carbocycles. The second-order valence-corrected chi connectivity index (χ2v) is 8.66. The molecule has 4 rings (SSSR count). The lowest BCUT2D eigenvalue weighted by Gasteiger charge is -2.29. The van der Waals surface area contributed by atoms with Gasteiger partial charge in [-0.2, -0.15) is 4.91 Å². The van der Waals surface area contributed by atoms with E-state index in [0.717, 1.165) is 49.2 Å². The van der Waals surface area contributed by atoms with Gasteiger partial charge in [-0.3, -0.25) is 4.90 Å². The molecule has 0 bridgehead atoms. The maximum absolute atomic E-state index is 10.9. The number of aliphatic hydroxyl groups is 1. The minimum atomic E-state index is -0.187. The number of aromatic nitrogens is 1. The van der Waals surface area contributed by atoms with Gasteiger partial charge >= 0.3 is 0 Å². The molecule has 3 aromatic rings. The predicted molar refractivity (Wildman–Crippen MR) is 134 cm³/mol. The molecule has 1 aliphatic heterocycles. The maximum atomic E-state index is 10.9. The van der Waals surface area contributed by atoms with Gasteiger partial charge in [0.05, 0.1) is 6.10 Å². The van der Waals surface area contributed by atoms with E-state index < -0.39 is 0 Å². The van der Waals surface area contributed by atoms with Gasteiger partial charge in [-0.15, -0.1) is 0 Å². The number of hydrogen-bond acceptors (Lipinski definition) is 6. The van der Waals surface area contributed by atoms with Crippen LogP contribution >= 0.6 is 11.6 Å². The fourth-order valence-electron chi connectivity index (χ4n) is 3.84. The fourth-order valence-corrected chi connectivity index (χ4v) is 3.96. The lowest BCUT2D eigenvalue weighted by molar-refractivity contribution is 0.0754. The monoisotopic (exact) mass is 475 g/mol. The summed E-state index contributed by atoms with van der Waals surface area (Å²) in [5, 5.41) is 13.4. The van der Waals surface area contributed by atoms with Crippen molar-refractivity contribution in [3.8, 4) is 28.7 Å². The minimum Gasteiger partial charge on any atom is -0.492 e. The molecule has 2 heterocycles. The molecule has 7 heteroatoms. The highest BCUT2D eigenvalue weighted by molar-refractivity contribution is 6.30. The second-order valence-electron chi connectivity index (χ2n) is 8.22. The highest BCUT2D eigenvalue weighted by Gasteiger charge is 2.16. The molecule has 0 spiro atoms. The lowest BCUT2D eigenvalue weighted by atomic mass is 10.1. The van der Waals surface area contributed by atoms with E-state index in [0.29, 0.717) is 28.6 Å². The summed E-state index contributed by atoms with van der Waals surface area (Å²) in [6.45, 7) is 3.05. The number of ether oxygens (including phenoxy) is 1. The van der Waals surface area contributed by atoms with E-state index in [2.05, 4.69) is 26.9 Å². The molecule has 0 radical (unpaired) electrons. The lowest BCUT2D eigenvalue weighted by Crippen LogP contribution is -2.38. The van der Waals surface area contributed by atoms with Crippen molar-refractivity contribution in [1.82, 2.24) is 9.88 Å². The number of likely N-dealkylation sites (tertiary alicyclic amines) is 1. The number of halogens is 1. The number of piperidine rings is 1. The van der Waals surface area contributed by atoms with Gasteiger partial charge in [0.2, 0.25) is 0 Å². The van der Waals surface area contributed by atoms with Gasteiger partial charge in [0, 0.05) is 47.5 Å². The van der Waals surface area contributed by atoms with Crippen LogP contribution in [0.25, 0.3) is 11.1 Å². The van der Waals surface area contributed by atoms with Crippen molar-refractivity contribution in [3.63, 3.8) is 0 Å². The SMILES string of the molecule is O=NCc1cc(C#Cc2ccc(-c3ccc(Cl)cc3)cn2)ccc1OCCN1CCC(O)CC1. The molecule has 0 unspecified atom stereocenters. The van der Waals surface area contributed by atoms with Crippen molar-refractivity contribution in [2.45, 2.75) is 25.5 Å². The van der Waals surface area contributed by atoms with Crippen molar-refractivity contribution >= 4 is 11.6 Å². The first-order chi connectivity index (χ1) is 16.6. The average molecular weight is 476 g/mol. The van der Waals surface area contributed by atoms with E-state index in [1.807, 2.05) is 54.6 Å². The summed E-state index contributed by atoms with van der Waals surface area (Å²) >= 11 is 5.95. The quantitative estimate of drug-likeness (QED) is 0.388. The molecule has 0 aliphatic carbocycles. The molecule has 174 valence electrons. The van der Waals surface area contributed by atoms with E-state index in [9.17, 15) is 10.0 Å². The Bertz CT molecular complexity index is 1160. The van der Waals surface area contributed by atoms with Crippen molar-refractivity contribution in [2.75, 3.05) is 26.2 Å². The third-order valence-electron chi connectivity index (χ3n) is 5.79. The number of aliphatic hydroxyl groups excluding tert-OH is 1. The summed E-state index contributed by atoms with van der Waals surface area (Å²) in [6.07, 6.45) is 3.20. The van der Waals surface area contributed by atoms with Crippen LogP contribution in [0.5, 0.6) is 5.75 Å². The Balaban J connectivity index is 1.39. The second kappa shape index (κ2) is 11.8. The highest BCUT2D eigenvalue weighted by Crippen LogP contribution is 2.22. The minimum absolute atomic E-state index is 0.0226. The first kappa shape index (κ1) is 23.9. The standard InChI is InChI=1S/C27H26ClN3O3/c28-24-6-3-21(4-7-24)22-5-9-25(29-18-22)8-1-20-2-10-27(23(17-20)19-30-33)34-16-15-31-13-11-26(32)12-14-31/h2-7,9-10,17-18,26,32H,11-16,19H2. The largest absolute Gasteiger partial charge is 0.492 e. The van der Waals surface area contributed by atoms with Crippen LogP contribution in [-0.2, 0) is 6.54 Å². The molecule has 0 atom stereocenters. The van der Waals surface area contributed by atoms with E-state index in [4.69, 9.17) is 16.3 Å². The van der Waals surface area contributed by atoms with Crippen LogP contribution in [-0.4, -0.2) is 47.3 Å². The molecule has 0 amide bonds. The smallest absolute Gasteiger partial charge is 0.124 e. The van der Waals surface area contributed by atoms with E-state index >= 15 is 0 Å². The van der Waals surface area contributed by atoms with Gasteiger partial charge in [-0.1, -0.05) is 40.9 Å². The molecule has 1 N–H and O–H groups in total. The Labute approximate surface area is 204 Å². The molecular weight excluding hydrogens is 450 g/mol. The number of nitroso groups, excluding NO2 is 1. The van der Waals surface area contributed by atoms with Crippen LogP contribution < -0.4 is 4.74 Å². The molecule has 1 saturated heterocycles. The number of pyridine rings is 1. The number of hydrogen-bond donors (Lipinski definition) is 1. The third-order valence-corrected chi connectivity index (χ3v) is 6.05. The zero-order valence-electron chi connectivity index (χ0n) is 18.8. The van der Waals surface area contributed by atoms with Crippen LogP contribution in [0.3, 0.4) is 0 Å². The number of benzene rings is 2. The average Bonchev–Trinajstić information content (AvgIpc) is 2.86. The van der Waals surface area contributed by atoms with Gasteiger partial charge in [0.1, 0.15) is 24.6 Å². The Morgan fingerprint density at radius 3 is 2.53 bits per heavy atom. The van der Waals surface area contributed by atoms with E-state index in [-0.39, 0.29) is 12.6 Å². The van der Waals surface area contributed by atoms with Crippen molar-refractivity contribution in [2.24, 2.45) is 5.18 Å². The van der Waals surface area contributed by atoms with Crippen LogP contribution in [0, 0.1) is 16.7 Å². The maximum Gasteiger partial charge on any atom is 0.124 e. The molecular formula is C27H26ClN3O3. The third kappa shape index (κ3) is 6.64. The summed E-state index contributed by atoms with van der Waals surface area (Å²) in [5.74, 6) is 6.82. The number of nitrogens with zero attached hydrogens (tertiary/aromatic N) is 3. The first-order valence-electron chi connectivity index (χ1n) is 11.3. The van der Waals surface area contributed by atoms with Gasteiger partial charge in [0.25, 0.3) is 0 Å². The van der Waals surface area contributed by atoms with Crippen molar-refractivity contribution < 1.29 is 9.84 Å². The normalized spacial score (nSPS) is 14.3. The van der Waals surface area contributed by atoms with E-state index in [1.54, 1.807) is 6.20 Å². The van der Waals surface area contributed by atoms with Gasteiger partial charge in [-0.05, 0) is 60.7 Å². The van der Waals surface area contributed by atoms with Crippen LogP contribution in [0.2, 0.25) is 5.02 Å². The summed E-state index contributed by atoms with van der Waals surface area (Å²) in [6, 6.07) is 17.0. The van der Waals surface area contributed by atoms with Crippen LogP contribution in [0.4, 0.5) is 0 Å². The summed E-state index contributed by atoms with van der Waals surface area (Å²) in [4.78, 5) is 17.7. The highest BCUT2D eigenvalue weighted by atomic mass is 35.5. The van der Waals surface area contributed by atoms with Crippen LogP contribution in [0.15, 0.2) is 66.0 Å². The summed E-state index contributed by atoms with van der Waals surface area (Å²) in [7, 11) is 0. The summed E-state index contributed by atoms with van der Waals surface area (Å²) in [5.41, 5.74) is 4.15. The van der Waals surface area contributed by atoms with Crippen molar-refractivity contribution in [1.29, 1.82) is 0 Å². The summed E-state index contributed by atoms with van der Waals surface area (Å²) < 4.78 is 5.93. The van der Waals surface area contributed by atoms with E-state index in [1.165, 1.54) is 0 Å². The zero-order valence-corrected chi connectivity index (χ0v) is 19.5. The fraction of sp³-hybridized carbons (Fsp3) is 0.296. The first-order valence-corrected chi connectivity index (χ1v) is 11.7. The molecule has 1 fully saturated rings. The van der Waals surface area contributed by atoms with Gasteiger partial charge in [-0.25, -0.2) is 4.98 Å². The Morgan fingerprint density at radius 1 is 1.06 bits per heavy atom. The Hall–Kier alpha value is -3.24. The molecule has 1 aromatic heterocycles. The van der Waals surface area contributed by atoms with Crippen LogP contribution in [0.1, 0.15) is 29.7 Å². The van der Waals surface area contributed by atoms with Gasteiger partial charge in [0.15, 0.2) is 0 Å². The zero-order chi connectivity index (χ0) is 23.8. The van der Waals surface area contributed by atoms with Gasteiger partial charge < -0.3 is 9.84 Å². The predicted octanol–water partition coefficient (Wildman–Crippen LogP) is 4.90. The molecule has 1 aliphatic rings. The Kier molecular flexibility index (Phi) is 8.26. The molecule has 2 aromatic carbocycles.